The van der Waals surface area contributed by atoms with Crippen molar-refractivity contribution in [3.63, 3.8) is 0 Å². The maximum atomic E-state index is 11.4. The van der Waals surface area contributed by atoms with Gasteiger partial charge in [-0.3, -0.25) is 4.79 Å². The van der Waals surface area contributed by atoms with Gasteiger partial charge in [-0.15, -0.1) is 0 Å². The lowest BCUT2D eigenvalue weighted by atomic mass is 9.80. The van der Waals surface area contributed by atoms with E-state index in [-0.39, 0.29) is 17.9 Å². The molecule has 0 spiro atoms. The number of alkyl carbamates (subject to hydrolysis) is 1. The quantitative estimate of drug-likeness (QED) is 0.728. The molecule has 0 saturated heterocycles. The number of carbonyl (C=O) groups is 2. The Hall–Kier alpha value is -1.26. The van der Waals surface area contributed by atoms with Crippen molar-refractivity contribution >= 4 is 12.1 Å². The summed E-state index contributed by atoms with van der Waals surface area (Å²) in [5, 5.41) is 2.68. The number of esters is 1. The van der Waals surface area contributed by atoms with E-state index in [2.05, 4.69) is 10.1 Å². The molecule has 5 heteroatoms. The molecule has 1 saturated carbocycles. The van der Waals surface area contributed by atoms with E-state index in [4.69, 9.17) is 4.74 Å². The molecule has 1 amide bonds. The van der Waals surface area contributed by atoms with Crippen LogP contribution in [0, 0.1) is 5.92 Å². The summed E-state index contributed by atoms with van der Waals surface area (Å²) in [6.45, 7) is 5.39. The highest BCUT2D eigenvalue weighted by atomic mass is 16.6. The molecule has 0 aliphatic heterocycles. The second kappa shape index (κ2) is 4.72. The Kier molecular flexibility index (Phi) is 3.78. The second-order valence-corrected chi connectivity index (χ2v) is 4.96. The standard InChI is InChI=1S/C11H19NO4/c1-11(2,3)16-10(14)12-8-6-5-7(8)9(13)15-4/h7-8H,5-6H2,1-4H3,(H,12,14)/t7?,8-/m1/s1. The molecule has 0 heterocycles. The average molecular weight is 229 g/mol. The van der Waals surface area contributed by atoms with Crippen molar-refractivity contribution in [1.29, 1.82) is 0 Å². The number of rotatable bonds is 2. The van der Waals surface area contributed by atoms with E-state index in [0.717, 1.165) is 12.8 Å². The second-order valence-electron chi connectivity index (χ2n) is 4.96. The zero-order valence-corrected chi connectivity index (χ0v) is 10.2. The zero-order valence-electron chi connectivity index (χ0n) is 10.2. The van der Waals surface area contributed by atoms with Gasteiger partial charge in [-0.1, -0.05) is 0 Å². The highest BCUT2D eigenvalue weighted by molar-refractivity contribution is 5.76. The molecule has 1 N–H and O–H groups in total. The van der Waals surface area contributed by atoms with Gasteiger partial charge in [-0.2, -0.15) is 0 Å². The van der Waals surface area contributed by atoms with Crippen LogP contribution in [0.3, 0.4) is 0 Å². The number of methoxy groups -OCH3 is 1. The van der Waals surface area contributed by atoms with Crippen molar-refractivity contribution in [2.45, 2.75) is 45.3 Å². The Morgan fingerprint density at radius 2 is 1.88 bits per heavy atom. The minimum absolute atomic E-state index is 0.151. The van der Waals surface area contributed by atoms with Crippen LogP contribution >= 0.6 is 0 Å². The SMILES string of the molecule is COC(=O)C1CC[C@H]1NC(=O)OC(C)(C)C. The maximum absolute atomic E-state index is 11.4. The van der Waals surface area contributed by atoms with E-state index in [0.29, 0.717) is 0 Å². The molecule has 1 fully saturated rings. The van der Waals surface area contributed by atoms with Gasteiger partial charge in [-0.25, -0.2) is 4.79 Å². The number of ether oxygens (including phenoxy) is 2. The van der Waals surface area contributed by atoms with Crippen molar-refractivity contribution in [2.24, 2.45) is 5.92 Å². The topological polar surface area (TPSA) is 64.6 Å². The van der Waals surface area contributed by atoms with Crippen LogP contribution in [-0.2, 0) is 14.3 Å². The largest absolute Gasteiger partial charge is 0.469 e. The highest BCUT2D eigenvalue weighted by Crippen LogP contribution is 2.28. The Labute approximate surface area is 95.5 Å². The molecule has 16 heavy (non-hydrogen) atoms. The third kappa shape index (κ3) is 3.40. The lowest BCUT2D eigenvalue weighted by Gasteiger charge is -2.35. The Bertz CT molecular complexity index is 282. The van der Waals surface area contributed by atoms with E-state index in [1.165, 1.54) is 7.11 Å². The predicted octanol–water partition coefficient (Wildman–Crippen LogP) is 1.46. The molecule has 0 radical (unpaired) electrons. The van der Waals surface area contributed by atoms with Crippen LogP contribution in [0.5, 0.6) is 0 Å². The molecule has 0 aromatic heterocycles. The molecule has 0 aromatic carbocycles. The third-order valence-electron chi connectivity index (χ3n) is 2.48. The summed E-state index contributed by atoms with van der Waals surface area (Å²) in [6.07, 6.45) is 1.07. The van der Waals surface area contributed by atoms with Gasteiger partial charge in [0.25, 0.3) is 0 Å². The molecular weight excluding hydrogens is 210 g/mol. The van der Waals surface area contributed by atoms with Gasteiger partial charge in [0, 0.05) is 6.04 Å². The average Bonchev–Trinajstić information content (AvgIpc) is 2.09. The Morgan fingerprint density at radius 3 is 2.25 bits per heavy atom. The van der Waals surface area contributed by atoms with Gasteiger partial charge in [0.2, 0.25) is 0 Å². The van der Waals surface area contributed by atoms with E-state index in [9.17, 15) is 9.59 Å². The summed E-state index contributed by atoms with van der Waals surface area (Å²) in [5.74, 6) is -0.496. The lowest BCUT2D eigenvalue weighted by Crippen LogP contribution is -2.51. The number of hydrogen-bond donors (Lipinski definition) is 1. The van der Waals surface area contributed by atoms with E-state index >= 15 is 0 Å². The molecule has 1 aliphatic carbocycles. The third-order valence-corrected chi connectivity index (χ3v) is 2.48. The van der Waals surface area contributed by atoms with Gasteiger partial charge < -0.3 is 14.8 Å². The van der Waals surface area contributed by atoms with Crippen molar-refractivity contribution in [3.8, 4) is 0 Å². The number of amides is 1. The normalized spacial score (nSPS) is 24.2. The van der Waals surface area contributed by atoms with Gasteiger partial charge in [0.05, 0.1) is 13.0 Å². The minimum atomic E-state index is -0.519. The van der Waals surface area contributed by atoms with Gasteiger partial charge in [0.1, 0.15) is 5.60 Å². The van der Waals surface area contributed by atoms with Crippen molar-refractivity contribution in [1.82, 2.24) is 5.32 Å². The molecule has 1 aliphatic rings. The predicted molar refractivity (Wildman–Crippen MR) is 57.9 cm³/mol. The van der Waals surface area contributed by atoms with Crippen LogP contribution in [0.1, 0.15) is 33.6 Å². The fourth-order valence-corrected chi connectivity index (χ4v) is 1.57. The van der Waals surface area contributed by atoms with Crippen molar-refractivity contribution in [2.75, 3.05) is 7.11 Å². The van der Waals surface area contributed by atoms with Crippen LogP contribution in [-0.4, -0.2) is 30.8 Å². The van der Waals surface area contributed by atoms with E-state index < -0.39 is 11.7 Å². The molecular formula is C11H19NO4. The Balaban J connectivity index is 2.38. The summed E-state index contributed by atoms with van der Waals surface area (Å²) in [4.78, 5) is 22.7. The van der Waals surface area contributed by atoms with Gasteiger partial charge in [-0.05, 0) is 33.6 Å². The fourth-order valence-electron chi connectivity index (χ4n) is 1.57. The molecule has 0 aromatic rings. The fraction of sp³-hybridized carbons (Fsp3) is 0.818. The molecule has 0 bridgehead atoms. The molecule has 92 valence electrons. The van der Waals surface area contributed by atoms with Crippen LogP contribution in [0.25, 0.3) is 0 Å². The lowest BCUT2D eigenvalue weighted by molar-refractivity contribution is -0.149. The molecule has 2 atom stereocenters. The summed E-state index contributed by atoms with van der Waals surface area (Å²) >= 11 is 0. The number of hydrogen-bond acceptors (Lipinski definition) is 4. The first-order valence-corrected chi connectivity index (χ1v) is 5.41. The monoisotopic (exact) mass is 229 g/mol. The first kappa shape index (κ1) is 12.8. The van der Waals surface area contributed by atoms with Crippen LogP contribution < -0.4 is 5.32 Å². The maximum Gasteiger partial charge on any atom is 0.407 e. The first-order chi connectivity index (χ1) is 7.33. The highest BCUT2D eigenvalue weighted by Gasteiger charge is 2.39. The summed E-state index contributed by atoms with van der Waals surface area (Å²) in [6, 6.07) is -0.151. The number of nitrogens with one attached hydrogen (secondary N) is 1. The van der Waals surface area contributed by atoms with Crippen LogP contribution in [0.2, 0.25) is 0 Å². The summed E-state index contributed by atoms with van der Waals surface area (Å²) < 4.78 is 9.74. The van der Waals surface area contributed by atoms with Crippen molar-refractivity contribution in [3.05, 3.63) is 0 Å². The van der Waals surface area contributed by atoms with Crippen molar-refractivity contribution < 1.29 is 19.1 Å². The summed E-state index contributed by atoms with van der Waals surface area (Å²) in [7, 11) is 1.35. The molecule has 1 unspecified atom stereocenters. The van der Waals surface area contributed by atoms with Gasteiger partial charge in [0.15, 0.2) is 0 Å². The number of carbonyl (C=O) groups excluding carboxylic acids is 2. The van der Waals surface area contributed by atoms with Gasteiger partial charge >= 0.3 is 12.1 Å². The molecule has 5 nitrogen and oxygen atoms in total. The Morgan fingerprint density at radius 1 is 1.25 bits per heavy atom. The zero-order chi connectivity index (χ0) is 12.3. The van der Waals surface area contributed by atoms with E-state index in [1.807, 2.05) is 0 Å². The van der Waals surface area contributed by atoms with Crippen LogP contribution in [0.15, 0.2) is 0 Å². The molecule has 1 rings (SSSR count). The first-order valence-electron chi connectivity index (χ1n) is 5.41. The summed E-state index contributed by atoms with van der Waals surface area (Å²) in [5.41, 5.74) is -0.519. The van der Waals surface area contributed by atoms with Crippen LogP contribution in [0.4, 0.5) is 4.79 Å². The van der Waals surface area contributed by atoms with E-state index in [1.54, 1.807) is 20.8 Å². The minimum Gasteiger partial charge on any atom is -0.469 e. The smallest absolute Gasteiger partial charge is 0.407 e.